The Hall–Kier alpha value is -3.85. The van der Waals surface area contributed by atoms with E-state index in [1.807, 2.05) is 66.8 Å². The Morgan fingerprint density at radius 2 is 1.36 bits per heavy atom. The summed E-state index contributed by atoms with van der Waals surface area (Å²) in [5, 5.41) is 0. The van der Waals surface area contributed by atoms with Crippen molar-refractivity contribution in [1.29, 1.82) is 0 Å². The summed E-state index contributed by atoms with van der Waals surface area (Å²) in [5.74, 6) is 1.67. The molecule has 0 saturated carbocycles. The minimum Gasteiger partial charge on any atom is -0.208 e. The van der Waals surface area contributed by atoms with Gasteiger partial charge >= 0.3 is 0 Å². The molecule has 0 aliphatic carbocycles. The van der Waals surface area contributed by atoms with E-state index in [9.17, 15) is 0 Å². The second kappa shape index (κ2) is 11.0. The van der Waals surface area contributed by atoms with E-state index in [4.69, 9.17) is 0 Å². The Morgan fingerprint density at radius 3 is 1.96 bits per heavy atom. The highest BCUT2D eigenvalue weighted by atomic mass is 15.0. The van der Waals surface area contributed by atoms with Crippen LogP contribution in [0.2, 0.25) is 0 Å². The topological polar surface area (TPSA) is 38.7 Å². The Bertz CT molecular complexity index is 974. The summed E-state index contributed by atoms with van der Waals surface area (Å²) in [6, 6.07) is 9.79. The van der Waals surface area contributed by atoms with E-state index in [0.29, 0.717) is 17.5 Å². The molecule has 0 amide bonds. The second-order valence-corrected chi connectivity index (χ2v) is 5.57. The average molecular weight is 365 g/mol. The zero-order valence-corrected chi connectivity index (χ0v) is 15.8. The molecule has 0 spiro atoms. The zero-order valence-electron chi connectivity index (χ0n) is 15.8. The van der Waals surface area contributed by atoms with Gasteiger partial charge < -0.3 is 0 Å². The predicted molar refractivity (Wildman–Crippen MR) is 120 cm³/mol. The molecule has 0 bridgehead atoms. The molecule has 0 atom stereocenters. The molecule has 1 aromatic heterocycles. The molecule has 3 heteroatoms. The van der Waals surface area contributed by atoms with Crippen molar-refractivity contribution in [3.05, 3.63) is 129 Å². The van der Waals surface area contributed by atoms with Gasteiger partial charge in [-0.1, -0.05) is 117 Å². The lowest BCUT2D eigenvalue weighted by Gasteiger charge is -2.09. The van der Waals surface area contributed by atoms with Crippen LogP contribution in [0.1, 0.15) is 11.6 Å². The molecule has 0 aliphatic rings. The molecule has 0 N–H and O–H groups in total. The van der Waals surface area contributed by atoms with E-state index >= 15 is 0 Å². The maximum absolute atomic E-state index is 4.67. The van der Waals surface area contributed by atoms with Gasteiger partial charge in [0.05, 0.1) is 0 Å². The molecule has 28 heavy (non-hydrogen) atoms. The number of aromatic nitrogens is 3. The summed E-state index contributed by atoms with van der Waals surface area (Å²) in [6.07, 6.45) is 18.0. The Balaban J connectivity index is 2.71. The third-order valence-electron chi connectivity index (χ3n) is 3.64. The monoisotopic (exact) mass is 365 g/mol. The first-order valence-electron chi connectivity index (χ1n) is 8.79. The molecule has 1 heterocycles. The van der Waals surface area contributed by atoms with Gasteiger partial charge in [-0.05, 0) is 0 Å². The minimum absolute atomic E-state index is 0.537. The zero-order chi connectivity index (χ0) is 20.2. The van der Waals surface area contributed by atoms with E-state index in [1.54, 1.807) is 24.3 Å². The summed E-state index contributed by atoms with van der Waals surface area (Å²) in [7, 11) is 0. The number of rotatable bonds is 9. The molecule has 0 saturated heterocycles. The third kappa shape index (κ3) is 5.58. The molecule has 1 aromatic carbocycles. The molecule has 0 aliphatic heterocycles. The van der Waals surface area contributed by atoms with Crippen molar-refractivity contribution in [2.24, 2.45) is 0 Å². The molecule has 138 valence electrons. The highest BCUT2D eigenvalue weighted by Gasteiger charge is 2.12. The molecular weight excluding hydrogens is 342 g/mol. The van der Waals surface area contributed by atoms with Crippen molar-refractivity contribution in [3.63, 3.8) is 0 Å². The molecule has 0 unspecified atom stereocenters. The number of nitrogens with zero attached hydrogens (tertiary/aromatic N) is 3. The van der Waals surface area contributed by atoms with Crippen LogP contribution in [0.15, 0.2) is 117 Å². The molecule has 3 nitrogen and oxygen atoms in total. The van der Waals surface area contributed by atoms with Crippen molar-refractivity contribution in [2.45, 2.75) is 0 Å². The molecular formula is C25H23N3. The van der Waals surface area contributed by atoms with Crippen LogP contribution in [-0.2, 0) is 0 Å². The van der Waals surface area contributed by atoms with Crippen LogP contribution >= 0.6 is 0 Å². The molecule has 2 rings (SSSR count). The molecule has 0 fully saturated rings. The van der Waals surface area contributed by atoms with Crippen molar-refractivity contribution in [1.82, 2.24) is 15.0 Å². The highest BCUT2D eigenvalue weighted by molar-refractivity contribution is 5.76. The van der Waals surface area contributed by atoms with E-state index < -0.39 is 0 Å². The second-order valence-electron chi connectivity index (χ2n) is 5.57. The third-order valence-corrected chi connectivity index (χ3v) is 3.64. The summed E-state index contributed by atoms with van der Waals surface area (Å²) < 4.78 is 0. The van der Waals surface area contributed by atoms with Gasteiger partial charge in [0.1, 0.15) is 0 Å². The fraction of sp³-hybridized carbons (Fsp3) is 0. The average Bonchev–Trinajstić information content (AvgIpc) is 2.74. The Kier molecular flexibility index (Phi) is 8.03. The standard InChI is InChI=1S/C25H23N3/c1-5-9-12-17-20(8-4)23-26-24(21(15-7-3)16-10-6-2)28-25(27-23)22-18-13-11-14-19-22/h5-19H,1-4H2/b12-9-,16-10-,20-17+,21-15+. The van der Waals surface area contributed by atoms with Crippen LogP contribution in [0.25, 0.3) is 22.5 Å². The first kappa shape index (κ1) is 20.5. The minimum atomic E-state index is 0.537. The van der Waals surface area contributed by atoms with Gasteiger partial charge in [-0.2, -0.15) is 0 Å². The van der Waals surface area contributed by atoms with Gasteiger partial charge in [-0.15, -0.1) is 0 Å². The first-order chi connectivity index (χ1) is 13.7. The maximum atomic E-state index is 4.67. The first-order valence-corrected chi connectivity index (χ1v) is 8.79. The number of hydrogen-bond acceptors (Lipinski definition) is 3. The number of benzene rings is 1. The van der Waals surface area contributed by atoms with Gasteiger partial charge in [0.2, 0.25) is 0 Å². The summed E-state index contributed by atoms with van der Waals surface area (Å²) in [4.78, 5) is 14.0. The predicted octanol–water partition coefficient (Wildman–Crippen LogP) is 6.16. The van der Waals surface area contributed by atoms with Crippen molar-refractivity contribution >= 4 is 11.1 Å². The normalized spacial score (nSPS) is 12.3. The molecule has 2 aromatic rings. The van der Waals surface area contributed by atoms with Crippen molar-refractivity contribution in [3.8, 4) is 11.4 Å². The number of hydrogen-bond donors (Lipinski definition) is 0. The SMILES string of the molecule is C=C/C=C\C=C(/C=C)c1nc(C(/C=C\C=C)=C/C=C)nc(-c2ccccc2)n1. The van der Waals surface area contributed by atoms with Crippen molar-refractivity contribution in [2.75, 3.05) is 0 Å². The number of allylic oxidation sites excluding steroid dienone is 12. The van der Waals surface area contributed by atoms with Gasteiger partial charge in [-0.25, -0.2) is 15.0 Å². The smallest absolute Gasteiger partial charge is 0.164 e. The van der Waals surface area contributed by atoms with Crippen LogP contribution in [0.4, 0.5) is 0 Å². The van der Waals surface area contributed by atoms with E-state index in [2.05, 4.69) is 41.3 Å². The lowest BCUT2D eigenvalue weighted by molar-refractivity contribution is 1.00. The fourth-order valence-corrected chi connectivity index (χ4v) is 2.33. The van der Waals surface area contributed by atoms with Crippen LogP contribution in [0.5, 0.6) is 0 Å². The van der Waals surface area contributed by atoms with Gasteiger partial charge in [0.25, 0.3) is 0 Å². The van der Waals surface area contributed by atoms with Gasteiger partial charge in [0.15, 0.2) is 17.5 Å². The maximum Gasteiger partial charge on any atom is 0.164 e. The van der Waals surface area contributed by atoms with E-state index in [1.165, 1.54) is 0 Å². The lowest BCUT2D eigenvalue weighted by Crippen LogP contribution is -2.04. The van der Waals surface area contributed by atoms with Gasteiger partial charge in [0, 0.05) is 16.7 Å². The van der Waals surface area contributed by atoms with Crippen LogP contribution < -0.4 is 0 Å². The van der Waals surface area contributed by atoms with Crippen molar-refractivity contribution < 1.29 is 0 Å². The largest absolute Gasteiger partial charge is 0.208 e. The van der Waals surface area contributed by atoms with Crippen LogP contribution in [0.3, 0.4) is 0 Å². The van der Waals surface area contributed by atoms with Gasteiger partial charge in [-0.3, -0.25) is 0 Å². The van der Waals surface area contributed by atoms with Crippen LogP contribution in [-0.4, -0.2) is 15.0 Å². The van der Waals surface area contributed by atoms with E-state index in [-0.39, 0.29) is 0 Å². The highest BCUT2D eigenvalue weighted by Crippen LogP contribution is 2.22. The lowest BCUT2D eigenvalue weighted by atomic mass is 10.1. The summed E-state index contributed by atoms with van der Waals surface area (Å²) in [6.45, 7) is 15.1. The molecule has 0 radical (unpaired) electrons. The van der Waals surface area contributed by atoms with E-state index in [0.717, 1.165) is 16.7 Å². The summed E-state index contributed by atoms with van der Waals surface area (Å²) >= 11 is 0. The Morgan fingerprint density at radius 1 is 0.679 bits per heavy atom. The quantitative estimate of drug-likeness (QED) is 0.499. The summed E-state index contributed by atoms with van der Waals surface area (Å²) in [5.41, 5.74) is 2.49. The Labute approximate surface area is 166 Å². The van der Waals surface area contributed by atoms with Crippen LogP contribution in [0, 0.1) is 0 Å². The fourth-order valence-electron chi connectivity index (χ4n) is 2.33.